The lowest BCUT2D eigenvalue weighted by molar-refractivity contribution is 0.0602. The average molecular weight is 196 g/mol. The largest absolute Gasteiger partial charge is 0.305 e. The fourth-order valence-electron chi connectivity index (χ4n) is 3.13. The smallest absolute Gasteiger partial charge is 0.0257 e. The van der Waals surface area contributed by atoms with Crippen LogP contribution in [-0.4, -0.2) is 48.1 Å². The number of rotatable bonds is 0. The zero-order valence-electron chi connectivity index (χ0n) is 10.1. The van der Waals surface area contributed by atoms with Gasteiger partial charge in [-0.2, -0.15) is 0 Å². The quantitative estimate of drug-likeness (QED) is 0.583. The van der Waals surface area contributed by atoms with Crippen molar-refractivity contribution in [3.05, 3.63) is 0 Å². The molecule has 2 atom stereocenters. The van der Waals surface area contributed by atoms with Crippen molar-refractivity contribution in [1.29, 1.82) is 0 Å². The third-order valence-corrected chi connectivity index (χ3v) is 3.93. The first-order valence-corrected chi connectivity index (χ1v) is 5.94. The summed E-state index contributed by atoms with van der Waals surface area (Å²) in [5.74, 6) is 0.977. The van der Waals surface area contributed by atoms with Crippen LogP contribution in [0, 0.1) is 5.92 Å². The Labute approximate surface area is 88.3 Å². The molecule has 2 saturated heterocycles. The van der Waals surface area contributed by atoms with Gasteiger partial charge in [-0.15, -0.1) is 0 Å². The van der Waals surface area contributed by atoms with Gasteiger partial charge in [-0.1, -0.05) is 0 Å². The Kier molecular flexibility index (Phi) is 2.61. The number of hydrogen-bond acceptors (Lipinski definition) is 2. The minimum absolute atomic E-state index is 0.359. The van der Waals surface area contributed by atoms with Crippen molar-refractivity contribution in [3.8, 4) is 0 Å². The normalized spacial score (nSPS) is 36.0. The molecular formula is C12H24N2. The van der Waals surface area contributed by atoms with Gasteiger partial charge in [0.15, 0.2) is 0 Å². The van der Waals surface area contributed by atoms with E-state index in [1.165, 1.54) is 32.5 Å². The van der Waals surface area contributed by atoms with Crippen molar-refractivity contribution in [2.45, 2.75) is 45.2 Å². The van der Waals surface area contributed by atoms with Crippen LogP contribution in [0.5, 0.6) is 0 Å². The zero-order valence-corrected chi connectivity index (χ0v) is 10.1. The van der Waals surface area contributed by atoms with Crippen LogP contribution in [0.3, 0.4) is 0 Å². The van der Waals surface area contributed by atoms with Gasteiger partial charge in [0, 0.05) is 18.1 Å². The second-order valence-electron chi connectivity index (χ2n) is 6.03. The first-order chi connectivity index (χ1) is 6.48. The van der Waals surface area contributed by atoms with Crippen LogP contribution in [0.1, 0.15) is 33.6 Å². The SMILES string of the molecule is CN1CCC2CCN(C(C)(C)C)C2C1. The third kappa shape index (κ3) is 1.82. The molecule has 0 N–H and O–H groups in total. The van der Waals surface area contributed by atoms with Gasteiger partial charge in [0.05, 0.1) is 0 Å². The minimum Gasteiger partial charge on any atom is -0.305 e. The van der Waals surface area contributed by atoms with Crippen LogP contribution >= 0.6 is 0 Å². The molecule has 0 saturated carbocycles. The number of likely N-dealkylation sites (N-methyl/N-ethyl adjacent to an activating group) is 1. The third-order valence-electron chi connectivity index (χ3n) is 3.93. The van der Waals surface area contributed by atoms with Crippen molar-refractivity contribution in [3.63, 3.8) is 0 Å². The molecule has 2 aliphatic rings. The molecule has 2 heterocycles. The van der Waals surface area contributed by atoms with E-state index in [9.17, 15) is 0 Å². The zero-order chi connectivity index (χ0) is 10.3. The van der Waals surface area contributed by atoms with Crippen LogP contribution in [0.25, 0.3) is 0 Å². The van der Waals surface area contributed by atoms with E-state index in [1.807, 2.05) is 0 Å². The van der Waals surface area contributed by atoms with Crippen LogP contribution in [0.15, 0.2) is 0 Å². The van der Waals surface area contributed by atoms with Crippen LogP contribution < -0.4 is 0 Å². The summed E-state index contributed by atoms with van der Waals surface area (Å²) in [6, 6.07) is 0.828. The Morgan fingerprint density at radius 2 is 1.71 bits per heavy atom. The van der Waals surface area contributed by atoms with Crippen LogP contribution in [0.2, 0.25) is 0 Å². The van der Waals surface area contributed by atoms with Crippen molar-refractivity contribution in [1.82, 2.24) is 9.80 Å². The maximum atomic E-state index is 2.72. The first kappa shape index (κ1) is 10.4. The van der Waals surface area contributed by atoms with Crippen molar-refractivity contribution < 1.29 is 0 Å². The van der Waals surface area contributed by atoms with Gasteiger partial charge in [-0.05, 0) is 59.7 Å². The van der Waals surface area contributed by atoms with Crippen molar-refractivity contribution >= 4 is 0 Å². The lowest BCUT2D eigenvalue weighted by atomic mass is 9.91. The molecule has 0 aromatic heterocycles. The lowest BCUT2D eigenvalue weighted by Crippen LogP contribution is -2.52. The molecule has 82 valence electrons. The van der Waals surface area contributed by atoms with Gasteiger partial charge in [0.2, 0.25) is 0 Å². The van der Waals surface area contributed by atoms with Crippen molar-refractivity contribution in [2.75, 3.05) is 26.7 Å². The Morgan fingerprint density at radius 3 is 2.36 bits per heavy atom. The highest BCUT2D eigenvalue weighted by Crippen LogP contribution is 2.35. The van der Waals surface area contributed by atoms with Gasteiger partial charge in [-0.25, -0.2) is 0 Å². The Balaban J connectivity index is 2.08. The molecule has 0 aromatic rings. The predicted octanol–water partition coefficient (Wildman–Crippen LogP) is 1.81. The highest BCUT2D eigenvalue weighted by molar-refractivity contribution is 4.96. The highest BCUT2D eigenvalue weighted by atomic mass is 15.3. The average Bonchev–Trinajstić information content (AvgIpc) is 2.45. The van der Waals surface area contributed by atoms with Crippen molar-refractivity contribution in [2.24, 2.45) is 5.92 Å². The summed E-state index contributed by atoms with van der Waals surface area (Å²) in [6.45, 7) is 11.0. The van der Waals surface area contributed by atoms with E-state index >= 15 is 0 Å². The molecular weight excluding hydrogens is 172 g/mol. The number of hydrogen-bond donors (Lipinski definition) is 0. The number of piperidine rings is 1. The molecule has 0 radical (unpaired) electrons. The van der Waals surface area contributed by atoms with Gasteiger partial charge >= 0.3 is 0 Å². The van der Waals surface area contributed by atoms with E-state index in [4.69, 9.17) is 0 Å². The molecule has 2 nitrogen and oxygen atoms in total. The first-order valence-electron chi connectivity index (χ1n) is 5.94. The lowest BCUT2D eigenvalue weighted by Gasteiger charge is -2.42. The van der Waals surface area contributed by atoms with Gasteiger partial charge in [-0.3, -0.25) is 4.90 Å². The fourth-order valence-corrected chi connectivity index (χ4v) is 3.13. The molecule has 0 aliphatic carbocycles. The standard InChI is InChI=1S/C12H24N2/c1-12(2,3)14-8-6-10-5-7-13(4)9-11(10)14/h10-11H,5-9H2,1-4H3. The number of nitrogens with zero attached hydrogens (tertiary/aromatic N) is 2. The molecule has 0 spiro atoms. The molecule has 2 rings (SSSR count). The number of fused-ring (bicyclic) bond motifs is 1. The molecule has 2 unspecified atom stereocenters. The summed E-state index contributed by atoms with van der Waals surface area (Å²) >= 11 is 0. The van der Waals surface area contributed by atoms with E-state index in [2.05, 4.69) is 37.6 Å². The Hall–Kier alpha value is -0.0800. The summed E-state index contributed by atoms with van der Waals surface area (Å²) in [6.07, 6.45) is 2.84. The maximum Gasteiger partial charge on any atom is 0.0257 e. The van der Waals surface area contributed by atoms with Crippen LogP contribution in [0.4, 0.5) is 0 Å². The van der Waals surface area contributed by atoms with E-state index in [1.54, 1.807) is 0 Å². The van der Waals surface area contributed by atoms with E-state index in [-0.39, 0.29) is 0 Å². The molecule has 2 fully saturated rings. The molecule has 2 heteroatoms. The van der Waals surface area contributed by atoms with Gasteiger partial charge in [0.25, 0.3) is 0 Å². The second-order valence-corrected chi connectivity index (χ2v) is 6.03. The highest BCUT2D eigenvalue weighted by Gasteiger charge is 2.41. The van der Waals surface area contributed by atoms with Crippen LogP contribution in [-0.2, 0) is 0 Å². The molecule has 14 heavy (non-hydrogen) atoms. The van der Waals surface area contributed by atoms with E-state index < -0.39 is 0 Å². The van der Waals surface area contributed by atoms with E-state index in [0.717, 1.165) is 12.0 Å². The van der Waals surface area contributed by atoms with Gasteiger partial charge < -0.3 is 4.90 Å². The number of likely N-dealkylation sites (tertiary alicyclic amines) is 2. The molecule has 0 bridgehead atoms. The summed E-state index contributed by atoms with van der Waals surface area (Å²) in [7, 11) is 2.26. The summed E-state index contributed by atoms with van der Waals surface area (Å²) in [5, 5.41) is 0. The summed E-state index contributed by atoms with van der Waals surface area (Å²) in [4.78, 5) is 5.21. The molecule has 0 aromatic carbocycles. The monoisotopic (exact) mass is 196 g/mol. The fraction of sp³-hybridized carbons (Fsp3) is 1.00. The minimum atomic E-state index is 0.359. The molecule has 0 amide bonds. The maximum absolute atomic E-state index is 2.72. The topological polar surface area (TPSA) is 6.48 Å². The van der Waals surface area contributed by atoms with Gasteiger partial charge in [0.1, 0.15) is 0 Å². The summed E-state index contributed by atoms with van der Waals surface area (Å²) < 4.78 is 0. The predicted molar refractivity (Wildman–Crippen MR) is 60.5 cm³/mol. The molecule has 2 aliphatic heterocycles. The Bertz CT molecular complexity index is 207. The Morgan fingerprint density at radius 1 is 1.07 bits per heavy atom. The summed E-state index contributed by atoms with van der Waals surface area (Å²) in [5.41, 5.74) is 0.359. The van der Waals surface area contributed by atoms with E-state index in [0.29, 0.717) is 5.54 Å². The second kappa shape index (κ2) is 3.49.